The molecule has 0 radical (unpaired) electrons. The summed E-state index contributed by atoms with van der Waals surface area (Å²) in [6.07, 6.45) is 0. The van der Waals surface area contributed by atoms with E-state index in [-0.39, 0.29) is 33.4 Å². The minimum absolute atomic E-state index is 0.0670. The highest BCUT2D eigenvalue weighted by Gasteiger charge is 2.48. The normalized spacial score (nSPS) is 16.2. The Kier molecular flexibility index (Phi) is 8.93. The van der Waals surface area contributed by atoms with Crippen LogP contribution >= 0.6 is 11.3 Å². The number of aliphatic hydroxyl groups is 1. The first kappa shape index (κ1) is 31.7. The quantitative estimate of drug-likeness (QED) is 0.0940. The van der Waals surface area contributed by atoms with E-state index < -0.39 is 23.7 Å². The van der Waals surface area contributed by atoms with Gasteiger partial charge >= 0.3 is 11.9 Å². The third-order valence-electron chi connectivity index (χ3n) is 7.77. The predicted octanol–water partition coefficient (Wildman–Crippen LogP) is 7.44. The third kappa shape index (κ3) is 6.40. The van der Waals surface area contributed by atoms with Gasteiger partial charge in [0.2, 0.25) is 0 Å². The number of aryl methyl sites for hydroxylation is 2. The average Bonchev–Trinajstić information content (AvgIpc) is 3.52. The maximum Gasteiger partial charge on any atom is 0.350 e. The van der Waals surface area contributed by atoms with Crippen molar-refractivity contribution in [1.29, 1.82) is 0 Å². The molecular weight excluding hydrogens is 588 g/mol. The van der Waals surface area contributed by atoms with Gasteiger partial charge < -0.3 is 14.6 Å². The molecule has 1 amide bonds. The van der Waals surface area contributed by atoms with Gasteiger partial charge in [-0.3, -0.25) is 14.5 Å². The van der Waals surface area contributed by atoms with Crippen molar-refractivity contribution in [1.82, 2.24) is 4.98 Å². The zero-order valence-corrected chi connectivity index (χ0v) is 27.0. The van der Waals surface area contributed by atoms with Crippen molar-refractivity contribution in [3.63, 3.8) is 0 Å². The number of anilines is 1. The minimum atomic E-state index is -0.975. The van der Waals surface area contributed by atoms with Crippen molar-refractivity contribution >= 4 is 39.9 Å². The number of thiazole rings is 1. The van der Waals surface area contributed by atoms with Crippen LogP contribution in [0, 0.1) is 13.8 Å². The van der Waals surface area contributed by atoms with Gasteiger partial charge in [-0.05, 0) is 72.7 Å². The highest BCUT2D eigenvalue weighted by Crippen LogP contribution is 2.44. The number of Topliss-reactive ketones (excluding diaryl/α,β-unsaturated/α-hetero) is 1. The zero-order chi connectivity index (χ0) is 32.5. The topological polar surface area (TPSA) is 106 Å². The monoisotopic (exact) mass is 624 g/mol. The summed E-state index contributed by atoms with van der Waals surface area (Å²) in [6, 6.07) is 21.3. The number of carbonyl (C=O) groups excluding carboxylic acids is 3. The number of rotatable bonds is 8. The predicted molar refractivity (Wildman–Crippen MR) is 175 cm³/mol. The Morgan fingerprint density at radius 3 is 2.27 bits per heavy atom. The summed E-state index contributed by atoms with van der Waals surface area (Å²) < 4.78 is 11.1. The van der Waals surface area contributed by atoms with Crippen molar-refractivity contribution in [2.75, 3.05) is 11.5 Å². The fraction of sp³-hybridized carbons (Fsp3) is 0.278. The molecule has 9 heteroatoms. The van der Waals surface area contributed by atoms with Crippen LogP contribution in [0.1, 0.15) is 76.9 Å². The van der Waals surface area contributed by atoms with Crippen LogP contribution < -0.4 is 9.64 Å². The van der Waals surface area contributed by atoms with Gasteiger partial charge in [0.15, 0.2) is 5.13 Å². The summed E-state index contributed by atoms with van der Waals surface area (Å²) in [5.74, 6) is -1.96. The van der Waals surface area contributed by atoms with Gasteiger partial charge in [0, 0.05) is 5.56 Å². The fourth-order valence-electron chi connectivity index (χ4n) is 5.18. The smallest absolute Gasteiger partial charge is 0.350 e. The number of nitrogens with zero attached hydrogens (tertiary/aromatic N) is 2. The molecule has 1 N–H and O–H groups in total. The fourth-order valence-corrected chi connectivity index (χ4v) is 6.17. The number of hydrogen-bond acceptors (Lipinski definition) is 8. The number of amides is 1. The molecule has 1 aromatic heterocycles. The van der Waals surface area contributed by atoms with Crippen LogP contribution in [-0.4, -0.2) is 34.4 Å². The molecule has 1 saturated heterocycles. The van der Waals surface area contributed by atoms with Crippen LogP contribution in [0.15, 0.2) is 78.4 Å². The van der Waals surface area contributed by atoms with E-state index in [2.05, 4.69) is 25.8 Å². The third-order valence-corrected chi connectivity index (χ3v) is 8.91. The van der Waals surface area contributed by atoms with Gasteiger partial charge in [-0.15, -0.1) is 0 Å². The molecule has 1 aliphatic rings. The van der Waals surface area contributed by atoms with Crippen molar-refractivity contribution in [3.05, 3.63) is 117 Å². The van der Waals surface area contributed by atoms with Gasteiger partial charge in [0.1, 0.15) is 23.0 Å². The average molecular weight is 625 g/mol. The first-order chi connectivity index (χ1) is 21.4. The minimum Gasteiger partial charge on any atom is -0.507 e. The lowest BCUT2D eigenvalue weighted by atomic mass is 9.85. The van der Waals surface area contributed by atoms with E-state index in [0.717, 1.165) is 28.0 Å². The first-order valence-corrected chi connectivity index (χ1v) is 15.6. The Bertz CT molecular complexity index is 1780. The molecule has 1 unspecified atom stereocenters. The number of benzene rings is 3. The number of aliphatic hydroxyl groups excluding tert-OH is 1. The lowest BCUT2D eigenvalue weighted by Gasteiger charge is -2.24. The molecule has 45 heavy (non-hydrogen) atoms. The van der Waals surface area contributed by atoms with Crippen molar-refractivity contribution in [2.45, 2.75) is 59.6 Å². The lowest BCUT2D eigenvalue weighted by molar-refractivity contribution is -0.132. The molecule has 0 spiro atoms. The van der Waals surface area contributed by atoms with Crippen LogP contribution in [0.5, 0.6) is 5.75 Å². The summed E-state index contributed by atoms with van der Waals surface area (Å²) in [7, 11) is 0. The number of carbonyl (C=O) groups is 3. The summed E-state index contributed by atoms with van der Waals surface area (Å²) in [6.45, 7) is 12.2. The van der Waals surface area contributed by atoms with Crippen LogP contribution in [0.2, 0.25) is 0 Å². The Labute approximate surface area is 267 Å². The van der Waals surface area contributed by atoms with E-state index in [1.807, 2.05) is 55.5 Å². The van der Waals surface area contributed by atoms with E-state index in [1.54, 1.807) is 38.1 Å². The van der Waals surface area contributed by atoms with Crippen molar-refractivity contribution < 1.29 is 29.0 Å². The Balaban J connectivity index is 1.55. The molecular formula is C36H36N2O6S. The molecule has 232 valence electrons. The summed E-state index contributed by atoms with van der Waals surface area (Å²) in [5, 5.41) is 11.8. The maximum absolute atomic E-state index is 13.7. The van der Waals surface area contributed by atoms with Crippen LogP contribution in [-0.2, 0) is 26.3 Å². The van der Waals surface area contributed by atoms with Gasteiger partial charge in [-0.1, -0.05) is 80.6 Å². The van der Waals surface area contributed by atoms with E-state index in [9.17, 15) is 19.5 Å². The second kappa shape index (κ2) is 12.7. The summed E-state index contributed by atoms with van der Waals surface area (Å²) >= 11 is 0.979. The second-order valence-electron chi connectivity index (χ2n) is 11.9. The molecule has 3 aromatic carbocycles. The molecule has 2 heterocycles. The Hall–Kier alpha value is -4.76. The van der Waals surface area contributed by atoms with Crippen molar-refractivity contribution in [2.24, 2.45) is 0 Å². The molecule has 0 saturated carbocycles. The highest BCUT2D eigenvalue weighted by molar-refractivity contribution is 7.17. The van der Waals surface area contributed by atoms with E-state index in [0.29, 0.717) is 29.2 Å². The summed E-state index contributed by atoms with van der Waals surface area (Å²) in [5.41, 5.74) is 4.43. The molecule has 8 nitrogen and oxygen atoms in total. The van der Waals surface area contributed by atoms with E-state index >= 15 is 0 Å². The molecule has 4 aromatic rings. The first-order valence-electron chi connectivity index (χ1n) is 14.7. The standard InChI is InChI=1S/C36H36N2O6S/c1-7-43-34(42)32-22(3)37-35(45-32)38-29(23-12-16-26(17-13-23)36(4,5)6)28(31(40)33(38)41)30(39)24-14-18-27(19-15-24)44-20-25-11-9-8-10-21(25)2/h8-19,29,39H,7,20H2,1-6H3/b30-28+. The number of aromatic nitrogens is 1. The highest BCUT2D eigenvalue weighted by atomic mass is 32.1. The van der Waals surface area contributed by atoms with Crippen molar-refractivity contribution in [3.8, 4) is 5.75 Å². The number of esters is 1. The maximum atomic E-state index is 13.7. The molecule has 1 atom stereocenters. The Morgan fingerprint density at radius 2 is 1.64 bits per heavy atom. The molecule has 1 fully saturated rings. The summed E-state index contributed by atoms with van der Waals surface area (Å²) in [4.78, 5) is 45.9. The van der Waals surface area contributed by atoms with Crippen LogP contribution in [0.4, 0.5) is 5.13 Å². The van der Waals surface area contributed by atoms with Gasteiger partial charge in [-0.25, -0.2) is 9.78 Å². The SMILES string of the molecule is CCOC(=O)c1sc(N2C(=O)C(=O)/C(=C(/O)c3ccc(OCc4ccccc4C)cc3)C2c2ccc(C(C)(C)C)cc2)nc1C. The molecule has 5 rings (SSSR count). The largest absolute Gasteiger partial charge is 0.507 e. The van der Waals surface area contributed by atoms with E-state index in [1.165, 1.54) is 4.90 Å². The molecule has 0 aliphatic carbocycles. The number of ketones is 1. The molecule has 1 aliphatic heterocycles. The Morgan fingerprint density at radius 1 is 0.978 bits per heavy atom. The second-order valence-corrected chi connectivity index (χ2v) is 12.9. The van der Waals surface area contributed by atoms with Gasteiger partial charge in [0.05, 0.1) is 23.9 Å². The van der Waals surface area contributed by atoms with Crippen LogP contribution in [0.25, 0.3) is 5.76 Å². The zero-order valence-electron chi connectivity index (χ0n) is 26.2. The molecule has 0 bridgehead atoms. The number of ether oxygens (including phenoxy) is 2. The number of hydrogen-bond donors (Lipinski definition) is 1. The van der Waals surface area contributed by atoms with Crippen LogP contribution in [0.3, 0.4) is 0 Å². The van der Waals surface area contributed by atoms with E-state index in [4.69, 9.17) is 9.47 Å². The van der Waals surface area contributed by atoms with Gasteiger partial charge in [0.25, 0.3) is 5.78 Å². The lowest BCUT2D eigenvalue weighted by Crippen LogP contribution is -2.29. The van der Waals surface area contributed by atoms with Gasteiger partial charge in [-0.2, -0.15) is 0 Å².